The fourth-order valence-electron chi connectivity index (χ4n) is 2.77. The van der Waals surface area contributed by atoms with E-state index in [1.54, 1.807) is 0 Å². The quantitative estimate of drug-likeness (QED) is 0.901. The van der Waals surface area contributed by atoms with Crippen molar-refractivity contribution in [2.45, 2.75) is 32.6 Å². The molecule has 2 aromatic rings. The maximum Gasteiger partial charge on any atom is 0.229 e. The van der Waals surface area contributed by atoms with Crippen LogP contribution in [0.25, 0.3) is 0 Å². The van der Waals surface area contributed by atoms with Crippen molar-refractivity contribution in [3.63, 3.8) is 0 Å². The number of hydrogen-bond donors (Lipinski definition) is 1. The molecule has 1 aromatic heterocycles. The molecule has 1 aliphatic heterocycles. The van der Waals surface area contributed by atoms with Crippen LogP contribution in [0.3, 0.4) is 0 Å². The molecule has 3 rings (SSSR count). The Morgan fingerprint density at radius 3 is 2.59 bits per heavy atom. The smallest absolute Gasteiger partial charge is 0.229 e. The van der Waals surface area contributed by atoms with Crippen molar-refractivity contribution < 1.29 is 0 Å². The summed E-state index contributed by atoms with van der Waals surface area (Å²) in [6, 6.07) is 7.75. The van der Waals surface area contributed by atoms with Gasteiger partial charge in [-0.15, -0.1) is 0 Å². The van der Waals surface area contributed by atoms with Crippen molar-refractivity contribution in [3.05, 3.63) is 41.0 Å². The van der Waals surface area contributed by atoms with E-state index in [0.717, 1.165) is 35.2 Å². The summed E-state index contributed by atoms with van der Waals surface area (Å²) >= 11 is 6.00. The van der Waals surface area contributed by atoms with Gasteiger partial charge in [-0.3, -0.25) is 0 Å². The molecular formula is C17H21ClN4. The molecule has 1 aromatic carbocycles. The van der Waals surface area contributed by atoms with Crippen molar-refractivity contribution in [1.29, 1.82) is 0 Å². The molecule has 2 heterocycles. The van der Waals surface area contributed by atoms with E-state index in [9.17, 15) is 0 Å². The van der Waals surface area contributed by atoms with E-state index in [-0.39, 0.29) is 0 Å². The molecule has 1 fully saturated rings. The van der Waals surface area contributed by atoms with Gasteiger partial charge in [-0.1, -0.05) is 24.4 Å². The predicted molar refractivity (Wildman–Crippen MR) is 92.2 cm³/mol. The van der Waals surface area contributed by atoms with Crippen molar-refractivity contribution in [2.24, 2.45) is 0 Å². The molecule has 0 spiro atoms. The first-order valence-corrected chi connectivity index (χ1v) is 8.21. The van der Waals surface area contributed by atoms with E-state index in [0.29, 0.717) is 5.95 Å². The zero-order valence-corrected chi connectivity index (χ0v) is 13.6. The number of nitrogens with zero attached hydrogens (tertiary/aromatic N) is 3. The summed E-state index contributed by atoms with van der Waals surface area (Å²) in [4.78, 5) is 11.4. The van der Waals surface area contributed by atoms with E-state index in [1.165, 1.54) is 25.7 Å². The largest absolute Gasteiger partial charge is 0.356 e. The Labute approximate surface area is 136 Å². The molecule has 0 radical (unpaired) electrons. The molecule has 0 aliphatic carbocycles. The van der Waals surface area contributed by atoms with Gasteiger partial charge in [0.25, 0.3) is 0 Å². The number of benzene rings is 1. The fourth-order valence-corrected chi connectivity index (χ4v) is 3.00. The number of anilines is 3. The Hall–Kier alpha value is -1.81. The van der Waals surface area contributed by atoms with Crippen LogP contribution in [0.4, 0.5) is 17.5 Å². The number of nitrogens with one attached hydrogen (secondary N) is 1. The van der Waals surface area contributed by atoms with Crippen molar-refractivity contribution in [3.8, 4) is 0 Å². The van der Waals surface area contributed by atoms with Crippen LogP contribution in [0.1, 0.15) is 31.2 Å². The van der Waals surface area contributed by atoms with E-state index < -0.39 is 0 Å². The summed E-state index contributed by atoms with van der Waals surface area (Å²) in [5.41, 5.74) is 2.06. The van der Waals surface area contributed by atoms with E-state index >= 15 is 0 Å². The molecule has 22 heavy (non-hydrogen) atoms. The van der Waals surface area contributed by atoms with Gasteiger partial charge >= 0.3 is 0 Å². The van der Waals surface area contributed by atoms with Crippen LogP contribution in [0.2, 0.25) is 5.02 Å². The molecule has 1 N–H and O–H groups in total. The SMILES string of the molecule is Cc1cc(Cl)ccc1Nc1nccc(N2CCCCCC2)n1. The monoisotopic (exact) mass is 316 g/mol. The second-order valence-corrected chi connectivity index (χ2v) is 6.16. The highest BCUT2D eigenvalue weighted by atomic mass is 35.5. The van der Waals surface area contributed by atoms with Crippen LogP contribution in [0, 0.1) is 6.92 Å². The molecule has 5 heteroatoms. The van der Waals surface area contributed by atoms with Gasteiger partial charge in [0.1, 0.15) is 5.82 Å². The highest BCUT2D eigenvalue weighted by Gasteiger charge is 2.12. The minimum atomic E-state index is 0.632. The summed E-state index contributed by atoms with van der Waals surface area (Å²) < 4.78 is 0. The first-order valence-electron chi connectivity index (χ1n) is 7.83. The summed E-state index contributed by atoms with van der Waals surface area (Å²) in [6.07, 6.45) is 6.93. The van der Waals surface area contributed by atoms with Gasteiger partial charge in [-0.05, 0) is 49.6 Å². The zero-order chi connectivity index (χ0) is 15.4. The van der Waals surface area contributed by atoms with Crippen molar-refractivity contribution in [2.75, 3.05) is 23.3 Å². The van der Waals surface area contributed by atoms with Gasteiger partial charge in [0.2, 0.25) is 5.95 Å². The lowest BCUT2D eigenvalue weighted by molar-refractivity contribution is 0.726. The van der Waals surface area contributed by atoms with E-state index in [1.807, 2.05) is 37.4 Å². The molecule has 0 bridgehead atoms. The molecule has 4 nitrogen and oxygen atoms in total. The van der Waals surface area contributed by atoms with Crippen LogP contribution in [0.15, 0.2) is 30.5 Å². The summed E-state index contributed by atoms with van der Waals surface area (Å²) in [5, 5.41) is 4.03. The second-order valence-electron chi connectivity index (χ2n) is 5.72. The molecule has 0 unspecified atom stereocenters. The van der Waals surface area contributed by atoms with Crippen molar-refractivity contribution >= 4 is 29.1 Å². The number of rotatable bonds is 3. The van der Waals surface area contributed by atoms with Gasteiger partial charge in [-0.25, -0.2) is 4.98 Å². The third-order valence-electron chi connectivity index (χ3n) is 4.01. The maximum atomic E-state index is 6.00. The average Bonchev–Trinajstić information content (AvgIpc) is 2.80. The highest BCUT2D eigenvalue weighted by Crippen LogP contribution is 2.23. The Morgan fingerprint density at radius 1 is 1.09 bits per heavy atom. The van der Waals surface area contributed by atoms with Gasteiger partial charge in [0.05, 0.1) is 0 Å². The number of hydrogen-bond acceptors (Lipinski definition) is 4. The topological polar surface area (TPSA) is 41.1 Å². The molecular weight excluding hydrogens is 296 g/mol. The summed E-state index contributed by atoms with van der Waals surface area (Å²) in [6.45, 7) is 4.18. The first-order chi connectivity index (χ1) is 10.7. The third kappa shape index (κ3) is 3.69. The Balaban J connectivity index is 1.78. The molecule has 0 saturated carbocycles. The number of halogens is 1. The lowest BCUT2D eigenvalue weighted by Crippen LogP contribution is -2.25. The van der Waals surface area contributed by atoms with E-state index in [2.05, 4.69) is 20.2 Å². The van der Waals surface area contributed by atoms with Gasteiger partial charge < -0.3 is 10.2 Å². The van der Waals surface area contributed by atoms with Crippen molar-refractivity contribution in [1.82, 2.24) is 9.97 Å². The Kier molecular flexibility index (Phi) is 4.78. The standard InChI is InChI=1S/C17H21ClN4/c1-13-12-14(18)6-7-15(13)20-17-19-9-8-16(21-17)22-10-4-2-3-5-11-22/h6-9,12H,2-5,10-11H2,1H3,(H,19,20,21). The van der Waals surface area contributed by atoms with Crippen LogP contribution >= 0.6 is 11.6 Å². The predicted octanol–water partition coefficient (Wildman–Crippen LogP) is 4.56. The fraction of sp³-hybridized carbons (Fsp3) is 0.412. The summed E-state index contributed by atoms with van der Waals surface area (Å²) in [5.74, 6) is 1.64. The molecule has 116 valence electrons. The third-order valence-corrected chi connectivity index (χ3v) is 4.24. The summed E-state index contributed by atoms with van der Waals surface area (Å²) in [7, 11) is 0. The molecule has 1 aliphatic rings. The first kappa shape index (κ1) is 15.1. The average molecular weight is 317 g/mol. The molecule has 0 atom stereocenters. The number of aryl methyl sites for hydroxylation is 1. The zero-order valence-electron chi connectivity index (χ0n) is 12.8. The van der Waals surface area contributed by atoms with Crippen LogP contribution < -0.4 is 10.2 Å². The van der Waals surface area contributed by atoms with Gasteiger partial charge in [-0.2, -0.15) is 4.98 Å². The maximum absolute atomic E-state index is 6.00. The minimum absolute atomic E-state index is 0.632. The molecule has 0 amide bonds. The van der Waals surface area contributed by atoms with Gasteiger partial charge in [0, 0.05) is 30.0 Å². The molecule has 1 saturated heterocycles. The van der Waals surface area contributed by atoms with Crippen LogP contribution in [-0.4, -0.2) is 23.1 Å². The van der Waals surface area contributed by atoms with Crippen LogP contribution in [0.5, 0.6) is 0 Å². The van der Waals surface area contributed by atoms with Gasteiger partial charge in [0.15, 0.2) is 0 Å². The lowest BCUT2D eigenvalue weighted by atomic mass is 10.2. The Bertz CT molecular complexity index is 636. The number of aromatic nitrogens is 2. The highest BCUT2D eigenvalue weighted by molar-refractivity contribution is 6.30. The second kappa shape index (κ2) is 6.97. The lowest BCUT2D eigenvalue weighted by Gasteiger charge is -2.21. The normalized spacial score (nSPS) is 15.5. The van der Waals surface area contributed by atoms with Crippen LogP contribution in [-0.2, 0) is 0 Å². The minimum Gasteiger partial charge on any atom is -0.356 e. The van der Waals surface area contributed by atoms with E-state index in [4.69, 9.17) is 11.6 Å². The Morgan fingerprint density at radius 2 is 1.86 bits per heavy atom.